The maximum Gasteiger partial charge on any atom is 0.247 e. The average Bonchev–Trinajstić information content (AvgIpc) is 1.77. The molecule has 4 amide bonds. The van der Waals surface area contributed by atoms with E-state index in [1.165, 1.54) is 112 Å². The van der Waals surface area contributed by atoms with E-state index in [9.17, 15) is 73.5 Å². The number of benzene rings is 5. The third kappa shape index (κ3) is 24.5. The van der Waals surface area contributed by atoms with Gasteiger partial charge in [0.05, 0.1) is 109 Å². The lowest BCUT2D eigenvalue weighted by Gasteiger charge is -2.35. The van der Waals surface area contributed by atoms with Gasteiger partial charge in [-0.3, -0.25) is 38.4 Å². The van der Waals surface area contributed by atoms with E-state index in [4.69, 9.17) is 56.5 Å². The molecule has 4 N–H and O–H groups in total. The van der Waals surface area contributed by atoms with E-state index in [1.807, 2.05) is 18.2 Å². The number of nitrogens with zero attached hydrogens (tertiary/aromatic N) is 10. The van der Waals surface area contributed by atoms with Crippen LogP contribution in [-0.4, -0.2) is 239 Å². The minimum atomic E-state index is -1.17. The first-order valence-corrected chi connectivity index (χ1v) is 47.4. The minimum absolute atomic E-state index is 0.0374. The van der Waals surface area contributed by atoms with E-state index in [1.54, 1.807) is 18.6 Å². The largest absolute Gasteiger partial charge is 0.494 e. The fourth-order valence-corrected chi connectivity index (χ4v) is 18.5. The first-order valence-electron chi connectivity index (χ1n) is 46.6. The van der Waals surface area contributed by atoms with Gasteiger partial charge in [0, 0.05) is 203 Å². The molecule has 34 nitrogen and oxygen atoms in total. The molecule has 6 aliphatic rings. The van der Waals surface area contributed by atoms with E-state index in [-0.39, 0.29) is 151 Å². The summed E-state index contributed by atoms with van der Waals surface area (Å²) in [7, 11) is 9.69. The molecule has 0 spiro atoms. The molecule has 6 unspecified atom stereocenters. The molecule has 10 heterocycles. The number of anilines is 2. The number of rotatable bonds is 34. The van der Waals surface area contributed by atoms with Crippen LogP contribution in [0.15, 0.2) is 146 Å². The molecular weight excluding hydrogens is 1960 g/mol. The number of aromatic nitrogens is 8. The first-order chi connectivity index (χ1) is 71.3. The summed E-state index contributed by atoms with van der Waals surface area (Å²) in [5.74, 6) is -14.6. The monoisotopic (exact) mass is 2060 g/mol. The zero-order valence-corrected chi connectivity index (χ0v) is 82.8. The van der Waals surface area contributed by atoms with Gasteiger partial charge in [-0.2, -0.15) is 0 Å². The van der Waals surface area contributed by atoms with Gasteiger partial charge in [-0.25, -0.2) is 75.0 Å². The van der Waals surface area contributed by atoms with Crippen molar-refractivity contribution in [2.45, 2.75) is 82.8 Å². The number of methoxy groups -OCH3 is 8. The first kappa shape index (κ1) is 108. The minimum Gasteiger partial charge on any atom is -0.494 e. The Morgan fingerprint density at radius 2 is 0.804 bits per heavy atom. The summed E-state index contributed by atoms with van der Waals surface area (Å²) in [4.78, 5) is 140. The molecule has 11 aromatic rings. The Hall–Kier alpha value is -15.6. The maximum atomic E-state index is 15.0. The van der Waals surface area contributed by atoms with Crippen LogP contribution in [0.2, 0.25) is 0 Å². The Balaban J connectivity index is 0.000000156. The molecule has 17 rings (SSSR count). The van der Waals surface area contributed by atoms with Gasteiger partial charge >= 0.3 is 0 Å². The zero-order chi connectivity index (χ0) is 106. The van der Waals surface area contributed by atoms with Crippen LogP contribution >= 0.6 is 11.3 Å². The number of amides is 4. The van der Waals surface area contributed by atoms with Crippen molar-refractivity contribution in [2.24, 2.45) is 17.8 Å². The number of carbonyl (C=O) groups excluding carboxylic acids is 8. The normalized spacial score (nSPS) is 17.1. The second-order valence-corrected chi connectivity index (χ2v) is 35.5. The molecule has 43 heteroatoms. The van der Waals surface area contributed by atoms with E-state index in [2.05, 4.69) is 104 Å². The maximum absolute atomic E-state index is 15.0. The topological polar surface area (TPSA) is 409 Å². The fraction of sp³-hybridized carbons (Fsp3) is 0.333. The lowest BCUT2D eigenvalue weighted by Crippen LogP contribution is -2.46. The van der Waals surface area contributed by atoms with Crippen LogP contribution in [0.4, 0.5) is 46.5 Å². The van der Waals surface area contributed by atoms with Crippen molar-refractivity contribution in [2.75, 3.05) is 139 Å². The number of furan rings is 1. The van der Waals surface area contributed by atoms with Gasteiger partial charge in [0.1, 0.15) is 51.1 Å². The number of halogens is 8. The molecule has 4 fully saturated rings. The van der Waals surface area contributed by atoms with Crippen LogP contribution in [-0.2, 0) is 71.9 Å². The van der Waals surface area contributed by atoms with Crippen LogP contribution in [0.25, 0.3) is 33.5 Å². The Morgan fingerprint density at radius 3 is 1.21 bits per heavy atom. The Kier molecular flexibility index (Phi) is 35.8. The number of ketones is 4. The lowest BCUT2D eigenvalue weighted by atomic mass is 9.92. The number of nitrogens with one attached hydrogen (secondary N) is 4. The summed E-state index contributed by atoms with van der Waals surface area (Å²) >= 11 is 1.03. The Bertz CT molecular complexity index is 6750. The van der Waals surface area contributed by atoms with Crippen LogP contribution in [0.5, 0.6) is 46.0 Å². The number of hydrogen-bond donors (Lipinski definition) is 4. The van der Waals surface area contributed by atoms with E-state index in [0.717, 1.165) is 79.6 Å². The summed E-state index contributed by atoms with van der Waals surface area (Å²) in [6.07, 6.45) is 17.9. The van der Waals surface area contributed by atoms with Crippen molar-refractivity contribution in [3.05, 3.63) is 272 Å². The molecule has 148 heavy (non-hydrogen) atoms. The van der Waals surface area contributed by atoms with Crippen molar-refractivity contribution in [3.8, 4) is 46.0 Å². The van der Waals surface area contributed by atoms with Crippen molar-refractivity contribution in [3.63, 3.8) is 0 Å². The highest BCUT2D eigenvalue weighted by Crippen LogP contribution is 2.42. The molecule has 6 aromatic heterocycles. The van der Waals surface area contributed by atoms with Gasteiger partial charge < -0.3 is 87.6 Å². The highest BCUT2D eigenvalue weighted by atomic mass is 32.1. The molecule has 0 bridgehead atoms. The highest BCUT2D eigenvalue weighted by Gasteiger charge is 2.39. The van der Waals surface area contributed by atoms with Crippen LogP contribution in [0.1, 0.15) is 130 Å². The standard InChI is InChI=1S/C32H33F2N5O4.C25H25F2N3O5.C24H23F2N3O6.C24H23F2N3O5S/c1-5-28(40)37-24-16-22(39-11-9-38(6-2)10-12-39)8-7-19(24)15-27-35-18-21-13-20(14-23(21)36-27)32(41)29-30(33)25(42-3)17-26(43-4)31(29)34;1-4-21(31)30-16-5-6-35-12-15(16)9-20-28-11-14-7-13(8-17(14)29-20)25(32)22-23(26)18(33-2)10-19(34-3)24(22)27;2*1-4-20(30)29-13-5-6-34-11-12(13)7-19-27-10-18-14(28-19)8-17(35-18)24(31)21-22(25)15(32-2)9-16(33-3)23(21)26/h5,7-8,14,16-18H,1,6,9-13,15H2,2-4H3,(H,37,40);4,8,10-11,15-16H,1,5-7,9,12H2,2-3H3,(H,30,31);2*4,8-10,12-13H,1,5-7,11H2,2-3H3,(H,29,30). The number of carbonyl (C=O) groups is 8. The van der Waals surface area contributed by atoms with Gasteiger partial charge in [0.15, 0.2) is 115 Å². The molecule has 0 saturated carbocycles. The molecule has 4 saturated heterocycles. The molecule has 6 atom stereocenters. The Labute approximate surface area is 847 Å². The average molecular weight is 2070 g/mol. The zero-order valence-electron chi connectivity index (χ0n) is 82.0. The van der Waals surface area contributed by atoms with Gasteiger partial charge in [-0.15, -0.1) is 11.3 Å². The quantitative estimate of drug-likeness (QED) is 0.0165. The van der Waals surface area contributed by atoms with Gasteiger partial charge in [-0.1, -0.05) is 39.3 Å². The number of piperazine rings is 1. The lowest BCUT2D eigenvalue weighted by molar-refractivity contribution is -0.119. The summed E-state index contributed by atoms with van der Waals surface area (Å²) in [6.45, 7) is 23.8. The number of likely N-dealkylation sites (N-methyl/N-ethyl adjacent to an activating group) is 1. The predicted molar refractivity (Wildman–Crippen MR) is 527 cm³/mol. The van der Waals surface area contributed by atoms with E-state index >= 15 is 0 Å². The van der Waals surface area contributed by atoms with Crippen molar-refractivity contribution in [1.82, 2.24) is 60.7 Å². The van der Waals surface area contributed by atoms with Crippen molar-refractivity contribution >= 4 is 103 Å². The second kappa shape index (κ2) is 49.1. The highest BCUT2D eigenvalue weighted by molar-refractivity contribution is 7.20. The number of hydrogen-bond acceptors (Lipinski definition) is 31. The smallest absolute Gasteiger partial charge is 0.247 e. The summed E-state index contributed by atoms with van der Waals surface area (Å²) in [5, 5.41) is 11.6. The molecule has 0 radical (unpaired) electrons. The van der Waals surface area contributed by atoms with Crippen LogP contribution in [0.3, 0.4) is 0 Å². The Morgan fingerprint density at radius 1 is 0.432 bits per heavy atom. The molecule has 4 aliphatic heterocycles. The summed E-state index contributed by atoms with van der Waals surface area (Å²) in [5.41, 5.74) is 2.93. The summed E-state index contributed by atoms with van der Waals surface area (Å²) < 4.78 is 181. The summed E-state index contributed by atoms with van der Waals surface area (Å²) in [6, 6.07) is 12.5. The molecule has 5 aromatic carbocycles. The van der Waals surface area contributed by atoms with Gasteiger partial charge in [0.25, 0.3) is 0 Å². The van der Waals surface area contributed by atoms with Gasteiger partial charge in [-0.05, 0) is 86.0 Å². The van der Waals surface area contributed by atoms with E-state index in [0.29, 0.717) is 146 Å². The number of fused-ring (bicyclic) bond motifs is 4. The van der Waals surface area contributed by atoms with Gasteiger partial charge in [0.2, 0.25) is 35.2 Å². The molecular formula is C105H104F8N14O20S. The number of thiophene rings is 1. The number of ether oxygens (including phenoxy) is 11. The fourth-order valence-electron chi connectivity index (χ4n) is 17.5. The third-order valence-corrected chi connectivity index (χ3v) is 26.6. The molecule has 776 valence electrons. The third-order valence-electron chi connectivity index (χ3n) is 25.5. The van der Waals surface area contributed by atoms with Crippen LogP contribution in [0, 0.1) is 64.3 Å². The SMILES string of the molecule is C=CC(=O)NC1CCOCC1Cc1ncc2c(n1)C=C(C(=O)c1c(F)c(OC)cc(OC)c1F)C2.C=CC(=O)NC1CCOCC1Cc1ncc2oc(C(=O)c3c(F)c(OC)cc(OC)c3F)cc2n1.C=CC(=O)NC1CCOCC1Cc1ncc2sc(C(=O)c3c(F)c(OC)cc(OC)c3F)cc2n1.C=CC(=O)Nc1cc(N2CCN(CC)CC2)ccc1Cc1ncc2c(n1)C=C(C(=O)c1c(F)c(OC)cc(OC)c1F)C2. The second-order valence-electron chi connectivity index (χ2n) is 34.4. The number of Topliss-reactive ketones (excluding diaryl/α,β-unsaturated/α-hetero) is 2. The number of allylic oxidation sites excluding steroid dienone is 2. The molecule has 2 aliphatic carbocycles. The predicted octanol–water partition coefficient (Wildman–Crippen LogP) is 13.8. The van der Waals surface area contributed by atoms with Crippen molar-refractivity contribution < 1.29 is 130 Å². The van der Waals surface area contributed by atoms with E-state index < -0.39 is 91.9 Å². The van der Waals surface area contributed by atoms with Crippen LogP contribution < -0.4 is 64.1 Å². The van der Waals surface area contributed by atoms with Crippen molar-refractivity contribution in [1.29, 1.82) is 0 Å².